The summed E-state index contributed by atoms with van der Waals surface area (Å²) in [6.45, 7) is 3.83. The van der Waals surface area contributed by atoms with Crippen LogP contribution in [0.3, 0.4) is 0 Å². The van der Waals surface area contributed by atoms with Gasteiger partial charge in [0, 0.05) is 25.4 Å². The Bertz CT molecular complexity index is 318. The van der Waals surface area contributed by atoms with Crippen molar-refractivity contribution in [3.05, 3.63) is 24.5 Å². The Hall–Kier alpha value is -1.25. The maximum absolute atomic E-state index is 11.7. The van der Waals surface area contributed by atoms with Crippen LogP contribution in [0, 0.1) is 5.92 Å². The minimum absolute atomic E-state index is 0.308. The highest BCUT2D eigenvalue weighted by Gasteiger charge is 2.28. The second-order valence-corrected chi connectivity index (χ2v) is 4.31. The van der Waals surface area contributed by atoms with Crippen LogP contribution < -0.4 is 0 Å². The number of amides is 1. The second kappa shape index (κ2) is 4.51. The summed E-state index contributed by atoms with van der Waals surface area (Å²) in [6, 6.07) is 3.98. The van der Waals surface area contributed by atoms with Crippen LogP contribution in [0.25, 0.3) is 0 Å². The van der Waals surface area contributed by atoms with E-state index in [9.17, 15) is 4.79 Å². The first-order chi connectivity index (χ1) is 7.29. The van der Waals surface area contributed by atoms with Crippen molar-refractivity contribution in [1.29, 1.82) is 0 Å². The first-order valence-corrected chi connectivity index (χ1v) is 5.68. The van der Waals surface area contributed by atoms with Gasteiger partial charge in [0.15, 0.2) is 0 Å². The summed E-state index contributed by atoms with van der Waals surface area (Å²) < 4.78 is 2.05. The number of hydrogen-bond donors (Lipinski definition) is 0. The van der Waals surface area contributed by atoms with E-state index in [1.54, 1.807) is 0 Å². The quantitative estimate of drug-likeness (QED) is 0.740. The summed E-state index contributed by atoms with van der Waals surface area (Å²) in [5, 5.41) is 0. The van der Waals surface area contributed by atoms with Crippen LogP contribution in [-0.4, -0.2) is 21.9 Å². The molecule has 0 aromatic carbocycles. The van der Waals surface area contributed by atoms with Gasteiger partial charge in [0.2, 0.25) is 5.91 Å². The third kappa shape index (κ3) is 2.41. The first kappa shape index (κ1) is 10.3. The van der Waals surface area contributed by atoms with Gasteiger partial charge < -0.3 is 9.47 Å². The zero-order valence-electron chi connectivity index (χ0n) is 9.22. The minimum atomic E-state index is 0.308. The molecule has 1 fully saturated rings. The smallest absolute Gasteiger partial charge is 0.224 e. The molecule has 15 heavy (non-hydrogen) atoms. The molecule has 1 saturated heterocycles. The molecule has 1 unspecified atom stereocenters. The molecule has 1 amide bonds. The normalized spacial score (nSPS) is 21.3. The molecule has 3 heteroatoms. The third-order valence-corrected chi connectivity index (χ3v) is 2.99. The number of aromatic nitrogens is 1. The SMILES string of the molecule is CCCC1CC(=O)N(Cn2cccc2)C1. The predicted molar refractivity (Wildman–Crippen MR) is 59.2 cm³/mol. The Kier molecular flexibility index (Phi) is 3.09. The predicted octanol–water partition coefficient (Wildman–Crippen LogP) is 2.09. The molecule has 0 saturated carbocycles. The molecule has 82 valence electrons. The van der Waals surface area contributed by atoms with Crippen molar-refractivity contribution in [3.63, 3.8) is 0 Å². The van der Waals surface area contributed by atoms with Crippen molar-refractivity contribution in [2.24, 2.45) is 5.92 Å². The zero-order valence-corrected chi connectivity index (χ0v) is 9.22. The van der Waals surface area contributed by atoms with Gasteiger partial charge in [-0.25, -0.2) is 0 Å². The molecule has 1 aliphatic heterocycles. The first-order valence-electron chi connectivity index (χ1n) is 5.68. The van der Waals surface area contributed by atoms with E-state index in [1.807, 2.05) is 34.0 Å². The Morgan fingerprint density at radius 1 is 1.40 bits per heavy atom. The molecule has 1 aliphatic rings. The highest BCUT2D eigenvalue weighted by atomic mass is 16.2. The van der Waals surface area contributed by atoms with Gasteiger partial charge in [0.05, 0.1) is 6.67 Å². The molecule has 0 radical (unpaired) electrons. The van der Waals surface area contributed by atoms with Crippen molar-refractivity contribution in [2.45, 2.75) is 32.9 Å². The van der Waals surface area contributed by atoms with E-state index in [0.717, 1.165) is 13.0 Å². The Morgan fingerprint density at radius 2 is 2.13 bits per heavy atom. The van der Waals surface area contributed by atoms with Crippen molar-refractivity contribution in [3.8, 4) is 0 Å². The number of likely N-dealkylation sites (tertiary alicyclic amines) is 1. The van der Waals surface area contributed by atoms with Crippen LogP contribution in [0.5, 0.6) is 0 Å². The van der Waals surface area contributed by atoms with E-state index in [-0.39, 0.29) is 0 Å². The number of carbonyl (C=O) groups is 1. The van der Waals surface area contributed by atoms with E-state index < -0.39 is 0 Å². The summed E-state index contributed by atoms with van der Waals surface area (Å²) in [5.41, 5.74) is 0. The summed E-state index contributed by atoms with van der Waals surface area (Å²) >= 11 is 0. The van der Waals surface area contributed by atoms with Crippen molar-refractivity contribution in [2.75, 3.05) is 6.54 Å². The molecule has 3 nitrogen and oxygen atoms in total. The molecule has 2 rings (SSSR count). The number of rotatable bonds is 4. The molecule has 0 bridgehead atoms. The van der Waals surface area contributed by atoms with E-state index in [4.69, 9.17) is 0 Å². The molecule has 2 heterocycles. The standard InChI is InChI=1S/C12H18N2O/c1-2-5-11-8-12(15)14(9-11)10-13-6-3-4-7-13/h3-4,6-7,11H,2,5,8-10H2,1H3. The molecule has 0 aliphatic carbocycles. The minimum Gasteiger partial charge on any atom is -0.336 e. The van der Waals surface area contributed by atoms with Crippen LogP contribution in [0.4, 0.5) is 0 Å². The second-order valence-electron chi connectivity index (χ2n) is 4.31. The molecule has 1 atom stereocenters. The van der Waals surface area contributed by atoms with Crippen molar-refractivity contribution >= 4 is 5.91 Å². The monoisotopic (exact) mass is 206 g/mol. The van der Waals surface area contributed by atoms with Crippen LogP contribution in [0.15, 0.2) is 24.5 Å². The lowest BCUT2D eigenvalue weighted by atomic mass is 10.0. The largest absolute Gasteiger partial charge is 0.336 e. The fourth-order valence-electron chi connectivity index (χ4n) is 2.25. The van der Waals surface area contributed by atoms with E-state index in [2.05, 4.69) is 6.92 Å². The van der Waals surface area contributed by atoms with Gasteiger partial charge in [0.1, 0.15) is 0 Å². The van der Waals surface area contributed by atoms with Gasteiger partial charge in [-0.15, -0.1) is 0 Å². The third-order valence-electron chi connectivity index (χ3n) is 2.99. The van der Waals surface area contributed by atoms with Crippen LogP contribution >= 0.6 is 0 Å². The molecular formula is C12H18N2O. The van der Waals surface area contributed by atoms with Gasteiger partial charge in [-0.05, 0) is 24.5 Å². The zero-order chi connectivity index (χ0) is 10.7. The molecule has 1 aromatic heterocycles. The number of hydrogen-bond acceptors (Lipinski definition) is 1. The molecular weight excluding hydrogens is 188 g/mol. The van der Waals surface area contributed by atoms with Crippen molar-refractivity contribution < 1.29 is 4.79 Å². The number of carbonyl (C=O) groups excluding carboxylic acids is 1. The van der Waals surface area contributed by atoms with Crippen LogP contribution in [-0.2, 0) is 11.5 Å². The summed E-state index contributed by atoms with van der Waals surface area (Å²) in [7, 11) is 0. The van der Waals surface area contributed by atoms with Gasteiger partial charge in [0.25, 0.3) is 0 Å². The summed E-state index contributed by atoms with van der Waals surface area (Å²) in [6.07, 6.45) is 7.10. The highest BCUT2D eigenvalue weighted by molar-refractivity contribution is 5.78. The maximum Gasteiger partial charge on any atom is 0.224 e. The van der Waals surface area contributed by atoms with Crippen LogP contribution in [0.2, 0.25) is 0 Å². The topological polar surface area (TPSA) is 25.2 Å². The maximum atomic E-state index is 11.7. The van der Waals surface area contributed by atoms with E-state index >= 15 is 0 Å². The van der Waals surface area contributed by atoms with E-state index in [0.29, 0.717) is 18.5 Å². The van der Waals surface area contributed by atoms with Crippen molar-refractivity contribution in [1.82, 2.24) is 9.47 Å². The fraction of sp³-hybridized carbons (Fsp3) is 0.583. The average Bonchev–Trinajstić information content (AvgIpc) is 2.79. The van der Waals surface area contributed by atoms with Gasteiger partial charge in [-0.2, -0.15) is 0 Å². The summed E-state index contributed by atoms with van der Waals surface area (Å²) in [4.78, 5) is 13.7. The highest BCUT2D eigenvalue weighted by Crippen LogP contribution is 2.22. The van der Waals surface area contributed by atoms with Gasteiger partial charge in [-0.1, -0.05) is 13.3 Å². The van der Waals surface area contributed by atoms with Crippen LogP contribution in [0.1, 0.15) is 26.2 Å². The fourth-order valence-corrected chi connectivity index (χ4v) is 2.25. The molecule has 0 N–H and O–H groups in total. The molecule has 0 spiro atoms. The van der Waals surface area contributed by atoms with E-state index in [1.165, 1.54) is 12.8 Å². The lowest BCUT2D eigenvalue weighted by Crippen LogP contribution is -2.27. The van der Waals surface area contributed by atoms with Gasteiger partial charge >= 0.3 is 0 Å². The van der Waals surface area contributed by atoms with Gasteiger partial charge in [-0.3, -0.25) is 4.79 Å². The Morgan fingerprint density at radius 3 is 2.80 bits per heavy atom. The Labute approximate surface area is 90.7 Å². The average molecular weight is 206 g/mol. The Balaban J connectivity index is 1.91. The lowest BCUT2D eigenvalue weighted by Gasteiger charge is -2.17. The lowest BCUT2D eigenvalue weighted by molar-refractivity contribution is -0.129. The number of nitrogens with zero attached hydrogens (tertiary/aromatic N) is 2. The summed E-state index contributed by atoms with van der Waals surface area (Å²) in [5.74, 6) is 0.889. The molecule has 1 aromatic rings.